The monoisotopic (exact) mass is 566 g/mol. The fourth-order valence-corrected chi connectivity index (χ4v) is 4.02. The Morgan fingerprint density at radius 2 is 1.95 bits per heavy atom. The van der Waals surface area contributed by atoms with E-state index in [1.807, 2.05) is 0 Å². The van der Waals surface area contributed by atoms with Crippen molar-refractivity contribution < 1.29 is 27.2 Å². The summed E-state index contributed by atoms with van der Waals surface area (Å²) in [5.41, 5.74) is -0.201. The molecule has 14 heteroatoms. The van der Waals surface area contributed by atoms with Gasteiger partial charge in [-0.3, -0.25) is 14.6 Å². The number of carbonyl (C=O) groups excluding carboxylic acids is 2. The summed E-state index contributed by atoms with van der Waals surface area (Å²) in [4.78, 5) is 40.7. The Hall–Kier alpha value is -3.97. The molecule has 38 heavy (non-hydrogen) atoms. The normalized spacial score (nSPS) is 13.1. The number of hydrogen-bond donors (Lipinski definition) is 2. The van der Waals surface area contributed by atoms with Gasteiger partial charge in [0.1, 0.15) is 15.7 Å². The van der Waals surface area contributed by atoms with Gasteiger partial charge in [-0.2, -0.15) is 17.6 Å². The summed E-state index contributed by atoms with van der Waals surface area (Å²) in [5.74, 6) is -2.26. The Balaban J connectivity index is 1.69. The largest absolute Gasteiger partial charge is 0.418 e. The molecule has 0 aliphatic heterocycles. The van der Waals surface area contributed by atoms with Crippen LogP contribution in [0.1, 0.15) is 45.7 Å². The van der Waals surface area contributed by atoms with Crippen molar-refractivity contribution >= 4 is 46.3 Å². The van der Waals surface area contributed by atoms with Gasteiger partial charge in [-0.05, 0) is 32.1 Å². The summed E-state index contributed by atoms with van der Waals surface area (Å²) in [5, 5.41) is 4.77. The van der Waals surface area contributed by atoms with E-state index in [9.17, 15) is 27.2 Å². The molecule has 198 valence electrons. The maximum atomic E-state index is 13.5. The minimum absolute atomic E-state index is 0.0822. The highest BCUT2D eigenvalue weighted by Gasteiger charge is 2.34. The topological polar surface area (TPSA) is 109 Å². The van der Waals surface area contributed by atoms with Crippen LogP contribution in [0.2, 0.25) is 5.02 Å². The van der Waals surface area contributed by atoms with Gasteiger partial charge in [0.05, 0.1) is 28.5 Å². The van der Waals surface area contributed by atoms with Crippen molar-refractivity contribution in [2.45, 2.75) is 26.1 Å². The molecule has 1 unspecified atom stereocenters. The fraction of sp³-hybridized carbons (Fsp3) is 0.167. The van der Waals surface area contributed by atoms with E-state index in [0.717, 1.165) is 23.6 Å². The molecule has 8 nitrogen and oxygen atoms in total. The van der Waals surface area contributed by atoms with Crippen LogP contribution in [0.5, 0.6) is 0 Å². The van der Waals surface area contributed by atoms with E-state index in [2.05, 4.69) is 37.2 Å². The van der Waals surface area contributed by atoms with Gasteiger partial charge < -0.3 is 10.6 Å². The first-order chi connectivity index (χ1) is 17.9. The summed E-state index contributed by atoms with van der Waals surface area (Å²) >= 11 is 6.48. The zero-order valence-electron chi connectivity index (χ0n) is 19.8. The molecule has 0 spiro atoms. The average Bonchev–Trinajstić information content (AvgIpc) is 3.35. The molecule has 3 heterocycles. The molecule has 1 atom stereocenters. The van der Waals surface area contributed by atoms with Crippen molar-refractivity contribution in [3.63, 3.8) is 0 Å². The third-order valence-corrected chi connectivity index (χ3v) is 6.31. The third kappa shape index (κ3) is 7.29. The molecule has 3 aromatic rings. The van der Waals surface area contributed by atoms with Gasteiger partial charge in [0, 0.05) is 35.8 Å². The summed E-state index contributed by atoms with van der Waals surface area (Å²) in [6.07, 6.45) is 1.28. The van der Waals surface area contributed by atoms with E-state index in [1.54, 1.807) is 6.92 Å². The number of rotatable bonds is 8. The zero-order valence-corrected chi connectivity index (χ0v) is 21.4. The summed E-state index contributed by atoms with van der Waals surface area (Å²) < 4.78 is 52.7. The molecule has 3 aromatic heterocycles. The molecule has 0 saturated heterocycles. The van der Waals surface area contributed by atoms with Gasteiger partial charge in [-0.15, -0.1) is 11.3 Å². The first kappa shape index (κ1) is 28.6. The van der Waals surface area contributed by atoms with Crippen molar-refractivity contribution in [1.82, 2.24) is 20.3 Å². The van der Waals surface area contributed by atoms with Crippen LogP contribution in [0.3, 0.4) is 0 Å². The lowest BCUT2D eigenvalue weighted by Crippen LogP contribution is -2.27. The minimum Gasteiger partial charge on any atom is -0.343 e. The maximum absolute atomic E-state index is 13.5. The highest BCUT2D eigenvalue weighted by Crippen LogP contribution is 2.35. The van der Waals surface area contributed by atoms with Gasteiger partial charge in [0.25, 0.3) is 5.91 Å². The number of alkyl halides is 3. The van der Waals surface area contributed by atoms with Crippen LogP contribution in [-0.2, 0) is 11.0 Å². The van der Waals surface area contributed by atoms with Gasteiger partial charge in [0.2, 0.25) is 11.9 Å². The second kappa shape index (κ2) is 12.0. The molecular weight excluding hydrogens is 548 g/mol. The minimum atomic E-state index is -4.72. The smallest absolute Gasteiger partial charge is 0.343 e. The Labute approximate surface area is 223 Å². The van der Waals surface area contributed by atoms with Crippen molar-refractivity contribution in [1.29, 1.82) is 0 Å². The van der Waals surface area contributed by atoms with Crippen LogP contribution in [0.4, 0.5) is 23.4 Å². The predicted octanol–water partition coefficient (Wildman–Crippen LogP) is 5.75. The van der Waals surface area contributed by atoms with Crippen molar-refractivity contribution in [2.24, 2.45) is 4.99 Å². The fourth-order valence-electron chi connectivity index (χ4n) is 2.99. The molecular formula is C24H19ClF4N6O2S. The number of hydrogen-bond acceptors (Lipinski definition) is 7. The number of amides is 2. The Bertz CT molecular complexity index is 1440. The van der Waals surface area contributed by atoms with Gasteiger partial charge in [-0.25, -0.2) is 15.0 Å². The number of allylic oxidation sites excluding steroid dienone is 1. The molecule has 0 aliphatic carbocycles. The second-order valence-corrected chi connectivity index (χ2v) is 9.12. The SMILES string of the molecule is C=C/N=C(\C=C(/C)C(=O)NC(C)c1ncc(C(=O)Nc2cc(C(F)(F)F)c(Cl)cn2)s1)c1ccnc(F)c1. The molecule has 0 aromatic carbocycles. The van der Waals surface area contributed by atoms with Gasteiger partial charge in [-0.1, -0.05) is 18.2 Å². The van der Waals surface area contributed by atoms with E-state index in [1.165, 1.54) is 37.7 Å². The highest BCUT2D eigenvalue weighted by atomic mass is 35.5. The molecule has 0 bridgehead atoms. The number of nitrogens with zero attached hydrogens (tertiary/aromatic N) is 4. The summed E-state index contributed by atoms with van der Waals surface area (Å²) in [6.45, 7) is 6.70. The number of nitrogens with one attached hydrogen (secondary N) is 2. The van der Waals surface area contributed by atoms with Crippen molar-refractivity contribution in [3.8, 4) is 0 Å². The second-order valence-electron chi connectivity index (χ2n) is 7.65. The summed E-state index contributed by atoms with van der Waals surface area (Å²) in [7, 11) is 0. The number of thiazole rings is 1. The number of aliphatic imine (C=N–C) groups is 1. The number of anilines is 1. The number of halogens is 5. The van der Waals surface area contributed by atoms with Gasteiger partial charge >= 0.3 is 6.18 Å². The molecule has 3 rings (SSSR count). The molecule has 0 aliphatic rings. The quantitative estimate of drug-likeness (QED) is 0.156. The van der Waals surface area contributed by atoms with E-state index in [0.29, 0.717) is 22.3 Å². The van der Waals surface area contributed by atoms with Crippen LogP contribution in [0, 0.1) is 5.95 Å². The molecule has 0 radical (unpaired) electrons. The zero-order chi connectivity index (χ0) is 28.0. The van der Waals surface area contributed by atoms with Crippen LogP contribution in [0.25, 0.3) is 0 Å². The highest BCUT2D eigenvalue weighted by molar-refractivity contribution is 7.13. The van der Waals surface area contributed by atoms with Crippen LogP contribution in [-0.4, -0.2) is 32.5 Å². The van der Waals surface area contributed by atoms with Crippen LogP contribution >= 0.6 is 22.9 Å². The summed E-state index contributed by atoms with van der Waals surface area (Å²) in [6, 6.07) is 2.70. The third-order valence-electron chi connectivity index (χ3n) is 4.83. The molecule has 2 N–H and O–H groups in total. The predicted molar refractivity (Wildman–Crippen MR) is 136 cm³/mol. The molecule has 2 amide bonds. The Morgan fingerprint density at radius 1 is 1.21 bits per heavy atom. The van der Waals surface area contributed by atoms with Crippen LogP contribution in [0.15, 0.2) is 66.2 Å². The molecule has 0 fully saturated rings. The van der Waals surface area contributed by atoms with Gasteiger partial charge in [0.15, 0.2) is 0 Å². The lowest BCUT2D eigenvalue weighted by molar-refractivity contribution is -0.137. The Morgan fingerprint density at radius 3 is 2.61 bits per heavy atom. The van der Waals surface area contributed by atoms with E-state index in [4.69, 9.17) is 11.6 Å². The first-order valence-corrected chi connectivity index (χ1v) is 11.9. The maximum Gasteiger partial charge on any atom is 0.418 e. The first-order valence-electron chi connectivity index (χ1n) is 10.7. The van der Waals surface area contributed by atoms with E-state index < -0.39 is 40.6 Å². The lowest BCUT2D eigenvalue weighted by Gasteiger charge is -2.12. The van der Waals surface area contributed by atoms with E-state index >= 15 is 0 Å². The van der Waals surface area contributed by atoms with Crippen LogP contribution < -0.4 is 10.6 Å². The van der Waals surface area contributed by atoms with Crippen molar-refractivity contribution in [3.05, 3.63) is 93.2 Å². The molecule has 0 saturated carbocycles. The standard InChI is InChI=1S/C24H19ClF4N6O2S/c1-4-30-17(14-5-6-31-19(26)8-14)7-12(2)21(36)34-13(3)23-33-11-18(38-23)22(37)35-20-9-15(24(27,28)29)16(25)10-32-20/h4-11,13H,1H2,2-3H3,(H,34,36)(H,32,35,37)/b12-7+,30-17+. The number of carbonyl (C=O) groups is 2. The number of aromatic nitrogens is 3. The average molecular weight is 567 g/mol. The lowest BCUT2D eigenvalue weighted by atomic mass is 10.1. The van der Waals surface area contributed by atoms with E-state index in [-0.39, 0.29) is 16.3 Å². The van der Waals surface area contributed by atoms with Crippen molar-refractivity contribution in [2.75, 3.05) is 5.32 Å². The Kier molecular flexibility index (Phi) is 9.07. The number of pyridine rings is 2.